The number of phenols is 2. The predicted octanol–water partition coefficient (Wildman–Crippen LogP) is 2.65. The Hall–Kier alpha value is -1.71. The summed E-state index contributed by atoms with van der Waals surface area (Å²) in [7, 11) is 0. The van der Waals surface area contributed by atoms with E-state index in [1.165, 1.54) is 31.4 Å². The maximum atomic E-state index is 12.0. The first-order chi connectivity index (χ1) is 9.09. The second-order valence-corrected chi connectivity index (χ2v) is 5.41. The van der Waals surface area contributed by atoms with E-state index in [1.807, 2.05) is 0 Å². The normalized spacial score (nSPS) is 23.0. The highest BCUT2D eigenvalue weighted by molar-refractivity contribution is 5.97. The molecule has 3 N–H and O–H groups in total. The molecule has 2 rings (SSSR count). The molecule has 0 spiro atoms. The van der Waals surface area contributed by atoms with Gasteiger partial charge in [-0.1, -0.05) is 32.3 Å². The standard InChI is InChI=1S/C15H21NO3/c1-10-5-2-3-6-11(10)9-16-15(19)12-7-4-8-13(17)14(12)18/h4,7-8,10-11,17-18H,2-3,5-6,9H2,1H3,(H,16,19). The lowest BCUT2D eigenvalue weighted by atomic mass is 9.80. The fourth-order valence-corrected chi connectivity index (χ4v) is 2.73. The van der Waals surface area contributed by atoms with Crippen LogP contribution in [0.1, 0.15) is 43.0 Å². The third kappa shape index (κ3) is 3.19. The van der Waals surface area contributed by atoms with Gasteiger partial charge in [0.15, 0.2) is 11.5 Å². The zero-order chi connectivity index (χ0) is 13.8. The topological polar surface area (TPSA) is 69.6 Å². The van der Waals surface area contributed by atoms with E-state index in [0.717, 1.165) is 6.42 Å². The van der Waals surface area contributed by atoms with Crippen molar-refractivity contribution >= 4 is 5.91 Å². The van der Waals surface area contributed by atoms with Crippen molar-refractivity contribution in [2.45, 2.75) is 32.6 Å². The summed E-state index contributed by atoms with van der Waals surface area (Å²) in [4.78, 5) is 12.0. The van der Waals surface area contributed by atoms with Crippen molar-refractivity contribution < 1.29 is 15.0 Å². The monoisotopic (exact) mass is 263 g/mol. The Kier molecular flexibility index (Phi) is 4.30. The number of hydrogen-bond donors (Lipinski definition) is 3. The quantitative estimate of drug-likeness (QED) is 0.734. The molecule has 1 amide bonds. The van der Waals surface area contributed by atoms with Crippen molar-refractivity contribution in [1.29, 1.82) is 0 Å². The van der Waals surface area contributed by atoms with Crippen molar-refractivity contribution in [3.63, 3.8) is 0 Å². The predicted molar refractivity (Wildman–Crippen MR) is 73.2 cm³/mol. The fraction of sp³-hybridized carbons (Fsp3) is 0.533. The Labute approximate surface area is 113 Å². The van der Waals surface area contributed by atoms with E-state index in [-0.39, 0.29) is 23.0 Å². The highest BCUT2D eigenvalue weighted by atomic mass is 16.3. The first kappa shape index (κ1) is 13.7. The van der Waals surface area contributed by atoms with Crippen LogP contribution in [-0.2, 0) is 0 Å². The number of carbonyl (C=O) groups is 1. The highest BCUT2D eigenvalue weighted by Crippen LogP contribution is 2.30. The van der Waals surface area contributed by atoms with Gasteiger partial charge in [0.05, 0.1) is 5.56 Å². The summed E-state index contributed by atoms with van der Waals surface area (Å²) in [5.41, 5.74) is 0.128. The molecule has 0 saturated heterocycles. The van der Waals surface area contributed by atoms with Gasteiger partial charge in [-0.2, -0.15) is 0 Å². The molecule has 1 fully saturated rings. The van der Waals surface area contributed by atoms with Crippen molar-refractivity contribution in [3.05, 3.63) is 23.8 Å². The molecule has 1 aromatic carbocycles. The molecule has 4 heteroatoms. The molecular weight excluding hydrogens is 242 g/mol. The third-order valence-corrected chi connectivity index (χ3v) is 4.07. The van der Waals surface area contributed by atoms with Crippen LogP contribution in [0.25, 0.3) is 0 Å². The van der Waals surface area contributed by atoms with E-state index in [0.29, 0.717) is 18.4 Å². The van der Waals surface area contributed by atoms with E-state index < -0.39 is 0 Å². The number of para-hydroxylation sites is 1. The molecular formula is C15H21NO3. The zero-order valence-corrected chi connectivity index (χ0v) is 11.2. The maximum Gasteiger partial charge on any atom is 0.255 e. The van der Waals surface area contributed by atoms with Gasteiger partial charge in [0.2, 0.25) is 0 Å². The molecule has 0 bridgehead atoms. The zero-order valence-electron chi connectivity index (χ0n) is 11.2. The Morgan fingerprint density at radius 1 is 1.32 bits per heavy atom. The molecule has 2 atom stereocenters. The van der Waals surface area contributed by atoms with Crippen LogP contribution >= 0.6 is 0 Å². The largest absolute Gasteiger partial charge is 0.504 e. The summed E-state index contributed by atoms with van der Waals surface area (Å²) in [6.07, 6.45) is 4.87. The van der Waals surface area contributed by atoms with Crippen LogP contribution in [-0.4, -0.2) is 22.7 Å². The number of carbonyl (C=O) groups excluding carboxylic acids is 1. The summed E-state index contributed by atoms with van der Waals surface area (Å²) in [6.45, 7) is 2.86. The van der Waals surface area contributed by atoms with Gasteiger partial charge in [0.1, 0.15) is 0 Å². The second-order valence-electron chi connectivity index (χ2n) is 5.41. The lowest BCUT2D eigenvalue weighted by Crippen LogP contribution is -2.33. The van der Waals surface area contributed by atoms with Gasteiger partial charge in [0, 0.05) is 6.54 Å². The van der Waals surface area contributed by atoms with Gasteiger partial charge in [-0.05, 0) is 30.4 Å². The Bertz CT molecular complexity index is 459. The van der Waals surface area contributed by atoms with Gasteiger partial charge in [-0.25, -0.2) is 0 Å². The molecule has 1 saturated carbocycles. The Morgan fingerprint density at radius 2 is 2.05 bits per heavy atom. The van der Waals surface area contributed by atoms with E-state index in [4.69, 9.17) is 0 Å². The molecule has 1 aromatic rings. The van der Waals surface area contributed by atoms with E-state index >= 15 is 0 Å². The van der Waals surface area contributed by atoms with Gasteiger partial charge in [-0.15, -0.1) is 0 Å². The van der Waals surface area contributed by atoms with Crippen molar-refractivity contribution in [3.8, 4) is 11.5 Å². The number of nitrogens with one attached hydrogen (secondary N) is 1. The molecule has 4 nitrogen and oxygen atoms in total. The number of hydrogen-bond acceptors (Lipinski definition) is 3. The molecule has 0 aromatic heterocycles. The number of phenolic OH excluding ortho intramolecular Hbond substituents is 2. The second kappa shape index (κ2) is 5.95. The fourth-order valence-electron chi connectivity index (χ4n) is 2.73. The number of rotatable bonds is 3. The molecule has 1 aliphatic carbocycles. The molecule has 104 valence electrons. The number of aromatic hydroxyl groups is 2. The lowest BCUT2D eigenvalue weighted by Gasteiger charge is -2.28. The van der Waals surface area contributed by atoms with Crippen molar-refractivity contribution in [1.82, 2.24) is 5.32 Å². The van der Waals surface area contributed by atoms with Gasteiger partial charge in [0.25, 0.3) is 5.91 Å². The van der Waals surface area contributed by atoms with Gasteiger partial charge >= 0.3 is 0 Å². The van der Waals surface area contributed by atoms with Crippen LogP contribution in [0.4, 0.5) is 0 Å². The lowest BCUT2D eigenvalue weighted by molar-refractivity contribution is 0.0933. The van der Waals surface area contributed by atoms with E-state index in [9.17, 15) is 15.0 Å². The summed E-state index contributed by atoms with van der Waals surface area (Å²) in [5, 5.41) is 21.9. The van der Waals surface area contributed by atoms with Crippen LogP contribution in [0.3, 0.4) is 0 Å². The Morgan fingerprint density at radius 3 is 2.79 bits per heavy atom. The van der Waals surface area contributed by atoms with Crippen LogP contribution < -0.4 is 5.32 Å². The average molecular weight is 263 g/mol. The molecule has 0 aliphatic heterocycles. The van der Waals surface area contributed by atoms with Crippen LogP contribution in [0.15, 0.2) is 18.2 Å². The first-order valence-corrected chi connectivity index (χ1v) is 6.88. The minimum Gasteiger partial charge on any atom is -0.504 e. The van der Waals surface area contributed by atoms with Crippen molar-refractivity contribution in [2.75, 3.05) is 6.54 Å². The molecule has 19 heavy (non-hydrogen) atoms. The van der Waals surface area contributed by atoms with Crippen LogP contribution in [0.2, 0.25) is 0 Å². The summed E-state index contributed by atoms with van der Waals surface area (Å²) in [6, 6.07) is 4.41. The molecule has 0 radical (unpaired) electrons. The highest BCUT2D eigenvalue weighted by Gasteiger charge is 2.22. The number of amides is 1. The maximum absolute atomic E-state index is 12.0. The summed E-state index contributed by atoms with van der Waals surface area (Å²) >= 11 is 0. The molecule has 2 unspecified atom stereocenters. The number of benzene rings is 1. The van der Waals surface area contributed by atoms with Crippen LogP contribution in [0, 0.1) is 11.8 Å². The molecule has 1 aliphatic rings. The summed E-state index contributed by atoms with van der Waals surface area (Å²) < 4.78 is 0. The molecule has 0 heterocycles. The SMILES string of the molecule is CC1CCCCC1CNC(=O)c1cccc(O)c1O. The van der Waals surface area contributed by atoms with Gasteiger partial charge < -0.3 is 15.5 Å². The van der Waals surface area contributed by atoms with Crippen molar-refractivity contribution in [2.24, 2.45) is 11.8 Å². The van der Waals surface area contributed by atoms with E-state index in [1.54, 1.807) is 6.07 Å². The van der Waals surface area contributed by atoms with Gasteiger partial charge in [-0.3, -0.25) is 4.79 Å². The third-order valence-electron chi connectivity index (χ3n) is 4.07. The average Bonchev–Trinajstić information content (AvgIpc) is 2.40. The smallest absolute Gasteiger partial charge is 0.255 e. The first-order valence-electron chi connectivity index (χ1n) is 6.88. The Balaban J connectivity index is 1.95. The summed E-state index contributed by atoms with van der Waals surface area (Å²) in [5.74, 6) is 0.200. The van der Waals surface area contributed by atoms with E-state index in [2.05, 4.69) is 12.2 Å². The minimum atomic E-state index is -0.350. The van der Waals surface area contributed by atoms with Crippen LogP contribution in [0.5, 0.6) is 11.5 Å². The minimum absolute atomic E-state index is 0.128.